The minimum absolute atomic E-state index is 0.343. The molecule has 0 aliphatic rings. The molecule has 0 atom stereocenters. The van der Waals surface area contributed by atoms with E-state index in [4.69, 9.17) is 16.0 Å². The van der Waals surface area contributed by atoms with Crippen LogP contribution in [0.3, 0.4) is 0 Å². The van der Waals surface area contributed by atoms with Crippen LogP contribution in [0.2, 0.25) is 0 Å². The second kappa shape index (κ2) is 3.27. The van der Waals surface area contributed by atoms with Gasteiger partial charge in [0.25, 0.3) is 0 Å². The zero-order valence-electron chi connectivity index (χ0n) is 5.13. The lowest BCUT2D eigenvalue weighted by atomic mass is 10.4. The quantitative estimate of drug-likeness (QED) is 0.528. The average molecular weight is 160 g/mol. The molecule has 0 saturated heterocycles. The lowest BCUT2D eigenvalue weighted by Crippen LogP contribution is -2.14. The number of rotatable bonds is 2. The fourth-order valence-corrected chi connectivity index (χ4v) is 0.637. The Labute approximate surface area is 63.0 Å². The van der Waals surface area contributed by atoms with Gasteiger partial charge in [0, 0.05) is 0 Å². The molecule has 0 spiro atoms. The topological polar surface area (TPSA) is 42.2 Å². The summed E-state index contributed by atoms with van der Waals surface area (Å²) in [7, 11) is 0. The van der Waals surface area contributed by atoms with E-state index in [0.29, 0.717) is 12.3 Å². The maximum atomic E-state index is 10.2. The van der Waals surface area contributed by atoms with Crippen molar-refractivity contribution >= 4 is 17.0 Å². The number of carbonyl (C=O) groups excluding carboxylic acids is 1. The van der Waals surface area contributed by atoms with Crippen molar-refractivity contribution in [3.63, 3.8) is 0 Å². The molecular formula is C6H6ClNO2. The molecule has 0 aliphatic carbocycles. The fourth-order valence-electron chi connectivity index (χ4n) is 0.570. The van der Waals surface area contributed by atoms with E-state index in [1.807, 2.05) is 0 Å². The first-order valence-electron chi connectivity index (χ1n) is 2.75. The van der Waals surface area contributed by atoms with E-state index in [0.717, 1.165) is 0 Å². The van der Waals surface area contributed by atoms with E-state index in [-0.39, 0.29) is 0 Å². The molecule has 54 valence electrons. The number of furan rings is 1. The van der Waals surface area contributed by atoms with Crippen molar-refractivity contribution in [3.8, 4) is 0 Å². The maximum absolute atomic E-state index is 10.2. The number of nitrogens with one attached hydrogen (secondary N) is 1. The molecule has 0 radical (unpaired) electrons. The van der Waals surface area contributed by atoms with Crippen LogP contribution >= 0.6 is 11.6 Å². The first kappa shape index (κ1) is 7.15. The SMILES string of the molecule is O=C(Cl)NCc1ccco1. The third-order valence-electron chi connectivity index (χ3n) is 0.982. The number of carbonyl (C=O) groups is 1. The Morgan fingerprint density at radius 3 is 3.10 bits per heavy atom. The van der Waals surface area contributed by atoms with Crippen molar-refractivity contribution in [2.45, 2.75) is 6.54 Å². The second-order valence-electron chi connectivity index (χ2n) is 1.71. The Bertz CT molecular complexity index is 208. The van der Waals surface area contributed by atoms with Crippen LogP contribution in [0.25, 0.3) is 0 Å². The van der Waals surface area contributed by atoms with Crippen molar-refractivity contribution in [3.05, 3.63) is 24.2 Å². The van der Waals surface area contributed by atoms with Gasteiger partial charge in [-0.25, -0.2) is 0 Å². The summed E-state index contributed by atoms with van der Waals surface area (Å²) in [6.45, 7) is 0.343. The summed E-state index contributed by atoms with van der Waals surface area (Å²) in [6, 6.07) is 3.50. The van der Waals surface area contributed by atoms with E-state index in [2.05, 4.69) is 5.32 Å². The lowest BCUT2D eigenvalue weighted by molar-refractivity contribution is 0.258. The molecule has 1 rings (SSSR count). The van der Waals surface area contributed by atoms with Crippen molar-refractivity contribution in [2.24, 2.45) is 0 Å². The molecular weight excluding hydrogens is 154 g/mol. The summed E-state index contributed by atoms with van der Waals surface area (Å²) in [5.41, 5.74) is 0. The van der Waals surface area contributed by atoms with Crippen molar-refractivity contribution in [2.75, 3.05) is 0 Å². The highest BCUT2D eigenvalue weighted by molar-refractivity contribution is 6.62. The van der Waals surface area contributed by atoms with Crippen molar-refractivity contribution in [1.82, 2.24) is 5.32 Å². The Hall–Kier alpha value is -0.960. The Balaban J connectivity index is 2.35. The van der Waals surface area contributed by atoms with Crippen LogP contribution in [0.5, 0.6) is 0 Å². The van der Waals surface area contributed by atoms with Gasteiger partial charge in [-0.3, -0.25) is 4.79 Å². The molecule has 0 saturated carbocycles. The van der Waals surface area contributed by atoms with Gasteiger partial charge < -0.3 is 9.73 Å². The third kappa shape index (κ3) is 2.11. The van der Waals surface area contributed by atoms with Gasteiger partial charge in [0.2, 0.25) is 0 Å². The zero-order valence-corrected chi connectivity index (χ0v) is 5.89. The Morgan fingerprint density at radius 1 is 1.80 bits per heavy atom. The molecule has 0 bridgehead atoms. The van der Waals surface area contributed by atoms with Gasteiger partial charge in [-0.2, -0.15) is 0 Å². The van der Waals surface area contributed by atoms with E-state index >= 15 is 0 Å². The summed E-state index contributed by atoms with van der Waals surface area (Å²) < 4.78 is 4.91. The largest absolute Gasteiger partial charge is 0.467 e. The predicted octanol–water partition coefficient (Wildman–Crippen LogP) is 1.73. The van der Waals surface area contributed by atoms with Gasteiger partial charge in [0.05, 0.1) is 12.8 Å². The summed E-state index contributed by atoms with van der Waals surface area (Å²) in [5, 5.41) is 1.81. The molecule has 3 nitrogen and oxygen atoms in total. The molecule has 0 fully saturated rings. The molecule has 1 aromatic rings. The predicted molar refractivity (Wildman–Crippen MR) is 36.8 cm³/mol. The van der Waals surface area contributed by atoms with Crippen LogP contribution in [-0.4, -0.2) is 5.37 Å². The monoisotopic (exact) mass is 159 g/mol. The molecule has 0 unspecified atom stereocenters. The summed E-state index contributed by atoms with van der Waals surface area (Å²) in [5.74, 6) is 0.689. The molecule has 1 N–H and O–H groups in total. The first-order valence-corrected chi connectivity index (χ1v) is 3.12. The van der Waals surface area contributed by atoms with Gasteiger partial charge in [0.15, 0.2) is 0 Å². The minimum Gasteiger partial charge on any atom is -0.467 e. The number of amides is 1. The Kier molecular flexibility index (Phi) is 2.34. The third-order valence-corrected chi connectivity index (χ3v) is 1.12. The highest BCUT2D eigenvalue weighted by Gasteiger charge is 1.96. The number of hydrogen-bond donors (Lipinski definition) is 1. The van der Waals surface area contributed by atoms with Crippen LogP contribution in [0.15, 0.2) is 22.8 Å². The summed E-state index contributed by atoms with van der Waals surface area (Å²) in [4.78, 5) is 10.2. The lowest BCUT2D eigenvalue weighted by Gasteiger charge is -1.93. The average Bonchev–Trinajstić information content (AvgIpc) is 2.34. The van der Waals surface area contributed by atoms with Gasteiger partial charge in [-0.15, -0.1) is 0 Å². The van der Waals surface area contributed by atoms with Gasteiger partial charge >= 0.3 is 5.37 Å². The van der Waals surface area contributed by atoms with Crippen LogP contribution < -0.4 is 5.32 Å². The fraction of sp³-hybridized carbons (Fsp3) is 0.167. The molecule has 4 heteroatoms. The highest BCUT2D eigenvalue weighted by Crippen LogP contribution is 1.98. The van der Waals surface area contributed by atoms with Crippen LogP contribution in [-0.2, 0) is 6.54 Å². The van der Waals surface area contributed by atoms with Crippen LogP contribution in [0.1, 0.15) is 5.76 Å². The standard InChI is InChI=1S/C6H6ClNO2/c7-6(9)8-4-5-2-1-3-10-5/h1-3H,4H2,(H,8,9). The van der Waals surface area contributed by atoms with Crippen molar-refractivity contribution < 1.29 is 9.21 Å². The van der Waals surface area contributed by atoms with Gasteiger partial charge in [0.1, 0.15) is 5.76 Å². The summed E-state index contributed by atoms with van der Waals surface area (Å²) >= 11 is 5.00. The Morgan fingerprint density at radius 2 is 2.60 bits per heavy atom. The van der Waals surface area contributed by atoms with E-state index < -0.39 is 5.37 Å². The second-order valence-corrected chi connectivity index (χ2v) is 2.05. The highest BCUT2D eigenvalue weighted by atomic mass is 35.5. The van der Waals surface area contributed by atoms with E-state index in [1.54, 1.807) is 12.1 Å². The smallest absolute Gasteiger partial charge is 0.314 e. The molecule has 0 aliphatic heterocycles. The van der Waals surface area contributed by atoms with Crippen LogP contribution in [0, 0.1) is 0 Å². The first-order chi connectivity index (χ1) is 4.79. The minimum atomic E-state index is -0.573. The molecule has 1 aromatic heterocycles. The maximum Gasteiger partial charge on any atom is 0.314 e. The number of halogens is 1. The molecule has 10 heavy (non-hydrogen) atoms. The van der Waals surface area contributed by atoms with E-state index in [1.165, 1.54) is 6.26 Å². The molecule has 1 heterocycles. The molecule has 1 amide bonds. The molecule has 0 aromatic carbocycles. The van der Waals surface area contributed by atoms with Crippen LogP contribution in [0.4, 0.5) is 4.79 Å². The van der Waals surface area contributed by atoms with Crippen molar-refractivity contribution in [1.29, 1.82) is 0 Å². The number of hydrogen-bond acceptors (Lipinski definition) is 2. The van der Waals surface area contributed by atoms with Gasteiger partial charge in [-0.1, -0.05) is 0 Å². The normalized spacial score (nSPS) is 9.30. The summed E-state index contributed by atoms with van der Waals surface area (Å²) in [6.07, 6.45) is 1.54. The van der Waals surface area contributed by atoms with E-state index in [9.17, 15) is 4.79 Å². The van der Waals surface area contributed by atoms with Gasteiger partial charge in [-0.05, 0) is 23.7 Å². The zero-order chi connectivity index (χ0) is 7.40.